The van der Waals surface area contributed by atoms with E-state index < -0.39 is 0 Å². The van der Waals surface area contributed by atoms with E-state index in [-0.39, 0.29) is 6.04 Å². The van der Waals surface area contributed by atoms with E-state index >= 15 is 0 Å². The summed E-state index contributed by atoms with van der Waals surface area (Å²) in [5.41, 5.74) is 1.21. The maximum absolute atomic E-state index is 5.39. The molecule has 4 heteroatoms. The first-order valence-corrected chi connectivity index (χ1v) is 7.10. The number of halogens is 1. The van der Waals surface area contributed by atoms with Gasteiger partial charge in [-0.15, -0.1) is 0 Å². The largest absolute Gasteiger partial charge is 0.478 e. The molecule has 0 amide bonds. The van der Waals surface area contributed by atoms with Crippen LogP contribution in [0.2, 0.25) is 0 Å². The van der Waals surface area contributed by atoms with Gasteiger partial charge in [-0.1, -0.05) is 34.1 Å². The van der Waals surface area contributed by atoms with Crippen molar-refractivity contribution in [2.75, 3.05) is 11.9 Å². The molecule has 1 heterocycles. The Morgan fingerprint density at radius 2 is 2.05 bits per heavy atom. The van der Waals surface area contributed by atoms with E-state index in [1.165, 1.54) is 5.56 Å². The number of ether oxygens (including phenoxy) is 1. The minimum atomic E-state index is 0.182. The van der Waals surface area contributed by atoms with Crippen LogP contribution < -0.4 is 10.1 Å². The second-order valence-electron chi connectivity index (χ2n) is 4.22. The van der Waals surface area contributed by atoms with Crippen molar-refractivity contribution in [1.29, 1.82) is 0 Å². The molecular formula is C15H17BrN2O. The van der Waals surface area contributed by atoms with Crippen LogP contribution in [0, 0.1) is 0 Å². The minimum Gasteiger partial charge on any atom is -0.478 e. The van der Waals surface area contributed by atoms with Crippen molar-refractivity contribution in [1.82, 2.24) is 4.98 Å². The molecule has 0 fully saturated rings. The SMILES string of the molecule is CCOc1cccc(NC(C)c2cccc(Br)c2)n1. The predicted molar refractivity (Wildman–Crippen MR) is 81.6 cm³/mol. The summed E-state index contributed by atoms with van der Waals surface area (Å²) >= 11 is 3.48. The number of rotatable bonds is 5. The summed E-state index contributed by atoms with van der Waals surface area (Å²) in [5, 5.41) is 3.37. The minimum absolute atomic E-state index is 0.182. The van der Waals surface area contributed by atoms with Gasteiger partial charge in [-0.2, -0.15) is 4.98 Å². The molecular weight excluding hydrogens is 304 g/mol. The second-order valence-corrected chi connectivity index (χ2v) is 5.13. The van der Waals surface area contributed by atoms with Crippen LogP contribution in [0.3, 0.4) is 0 Å². The van der Waals surface area contributed by atoms with Crippen molar-refractivity contribution in [2.45, 2.75) is 19.9 Å². The third-order valence-corrected chi connectivity index (χ3v) is 3.22. The van der Waals surface area contributed by atoms with Crippen LogP contribution in [-0.2, 0) is 0 Å². The van der Waals surface area contributed by atoms with Crippen LogP contribution in [0.25, 0.3) is 0 Å². The number of benzene rings is 1. The van der Waals surface area contributed by atoms with E-state index in [4.69, 9.17) is 4.74 Å². The molecule has 3 nitrogen and oxygen atoms in total. The summed E-state index contributed by atoms with van der Waals surface area (Å²) in [5.74, 6) is 1.47. The van der Waals surface area contributed by atoms with Gasteiger partial charge in [-0.3, -0.25) is 0 Å². The fraction of sp³-hybridized carbons (Fsp3) is 0.267. The topological polar surface area (TPSA) is 34.1 Å². The summed E-state index contributed by atoms with van der Waals surface area (Å²) in [6.45, 7) is 4.68. The summed E-state index contributed by atoms with van der Waals surface area (Å²) in [6.07, 6.45) is 0. The van der Waals surface area contributed by atoms with Crippen LogP contribution in [0.15, 0.2) is 46.9 Å². The van der Waals surface area contributed by atoms with Crippen molar-refractivity contribution in [3.8, 4) is 5.88 Å². The average molecular weight is 321 g/mol. The van der Waals surface area contributed by atoms with Crippen LogP contribution in [0.1, 0.15) is 25.5 Å². The summed E-state index contributed by atoms with van der Waals surface area (Å²) in [7, 11) is 0. The molecule has 1 aromatic carbocycles. The van der Waals surface area contributed by atoms with Crippen LogP contribution in [0.5, 0.6) is 5.88 Å². The number of aromatic nitrogens is 1. The lowest BCUT2D eigenvalue weighted by Gasteiger charge is -2.15. The summed E-state index contributed by atoms with van der Waals surface area (Å²) < 4.78 is 6.47. The molecule has 100 valence electrons. The summed E-state index contributed by atoms with van der Waals surface area (Å²) in [4.78, 5) is 4.41. The highest BCUT2D eigenvalue weighted by Gasteiger charge is 2.07. The van der Waals surface area contributed by atoms with Crippen molar-refractivity contribution < 1.29 is 4.74 Å². The van der Waals surface area contributed by atoms with Crippen LogP contribution in [-0.4, -0.2) is 11.6 Å². The van der Waals surface area contributed by atoms with Gasteiger partial charge < -0.3 is 10.1 Å². The van der Waals surface area contributed by atoms with E-state index in [2.05, 4.69) is 45.3 Å². The predicted octanol–water partition coefficient (Wildman–Crippen LogP) is 4.42. The van der Waals surface area contributed by atoms with Gasteiger partial charge in [-0.05, 0) is 37.6 Å². The molecule has 0 aliphatic carbocycles. The van der Waals surface area contributed by atoms with Gasteiger partial charge in [0, 0.05) is 16.6 Å². The number of nitrogens with one attached hydrogen (secondary N) is 1. The molecule has 0 bridgehead atoms. The average Bonchev–Trinajstić information content (AvgIpc) is 2.39. The molecule has 1 unspecified atom stereocenters. The third kappa shape index (κ3) is 3.96. The molecule has 0 saturated heterocycles. The van der Waals surface area contributed by atoms with E-state index in [0.29, 0.717) is 12.5 Å². The summed E-state index contributed by atoms with van der Waals surface area (Å²) in [6, 6.07) is 14.2. The highest BCUT2D eigenvalue weighted by Crippen LogP contribution is 2.22. The number of hydrogen-bond donors (Lipinski definition) is 1. The van der Waals surface area contributed by atoms with E-state index in [1.807, 2.05) is 37.3 Å². The fourth-order valence-corrected chi connectivity index (χ4v) is 2.22. The Labute approximate surface area is 122 Å². The Morgan fingerprint density at radius 1 is 1.26 bits per heavy atom. The van der Waals surface area contributed by atoms with Crippen molar-refractivity contribution in [2.24, 2.45) is 0 Å². The quantitative estimate of drug-likeness (QED) is 0.885. The van der Waals surface area contributed by atoms with Crippen LogP contribution in [0.4, 0.5) is 5.82 Å². The lowest BCUT2D eigenvalue weighted by molar-refractivity contribution is 0.327. The first-order valence-electron chi connectivity index (χ1n) is 6.31. The van der Waals surface area contributed by atoms with E-state index in [1.54, 1.807) is 0 Å². The van der Waals surface area contributed by atoms with Gasteiger partial charge in [0.15, 0.2) is 0 Å². The van der Waals surface area contributed by atoms with Crippen molar-refractivity contribution >= 4 is 21.7 Å². The number of anilines is 1. The van der Waals surface area contributed by atoms with Crippen LogP contribution >= 0.6 is 15.9 Å². The zero-order valence-corrected chi connectivity index (χ0v) is 12.6. The van der Waals surface area contributed by atoms with Gasteiger partial charge in [0.05, 0.1) is 6.61 Å². The molecule has 19 heavy (non-hydrogen) atoms. The first-order chi connectivity index (χ1) is 9.19. The monoisotopic (exact) mass is 320 g/mol. The van der Waals surface area contributed by atoms with Gasteiger partial charge in [0.1, 0.15) is 5.82 Å². The molecule has 1 atom stereocenters. The zero-order chi connectivity index (χ0) is 13.7. The van der Waals surface area contributed by atoms with E-state index in [0.717, 1.165) is 10.3 Å². The van der Waals surface area contributed by atoms with E-state index in [9.17, 15) is 0 Å². The number of hydrogen-bond acceptors (Lipinski definition) is 3. The molecule has 0 aliphatic heterocycles. The second kappa shape index (κ2) is 6.57. The Kier molecular flexibility index (Phi) is 4.80. The van der Waals surface area contributed by atoms with Crippen molar-refractivity contribution in [3.63, 3.8) is 0 Å². The van der Waals surface area contributed by atoms with Gasteiger partial charge in [0.25, 0.3) is 0 Å². The zero-order valence-electron chi connectivity index (χ0n) is 11.1. The Bertz CT molecular complexity index is 545. The highest BCUT2D eigenvalue weighted by atomic mass is 79.9. The normalized spacial score (nSPS) is 11.9. The molecule has 0 aliphatic rings. The molecule has 0 radical (unpaired) electrons. The fourth-order valence-electron chi connectivity index (χ4n) is 1.80. The maximum Gasteiger partial charge on any atom is 0.215 e. The molecule has 0 spiro atoms. The highest BCUT2D eigenvalue weighted by molar-refractivity contribution is 9.10. The van der Waals surface area contributed by atoms with Gasteiger partial charge in [-0.25, -0.2) is 0 Å². The standard InChI is InChI=1S/C15H17BrN2O/c1-3-19-15-9-5-8-14(18-15)17-11(2)12-6-4-7-13(16)10-12/h4-11H,3H2,1-2H3,(H,17,18). The first kappa shape index (κ1) is 13.9. The van der Waals surface area contributed by atoms with Crippen molar-refractivity contribution in [3.05, 3.63) is 52.5 Å². The molecule has 0 saturated carbocycles. The number of pyridine rings is 1. The molecule has 2 rings (SSSR count). The maximum atomic E-state index is 5.39. The molecule has 2 aromatic rings. The Morgan fingerprint density at radius 3 is 2.79 bits per heavy atom. The Balaban J connectivity index is 2.10. The smallest absolute Gasteiger partial charge is 0.215 e. The molecule has 1 aromatic heterocycles. The number of nitrogens with zero attached hydrogens (tertiary/aromatic N) is 1. The molecule has 1 N–H and O–H groups in total. The lowest BCUT2D eigenvalue weighted by atomic mass is 10.1. The van der Waals surface area contributed by atoms with Gasteiger partial charge >= 0.3 is 0 Å². The third-order valence-electron chi connectivity index (χ3n) is 2.73. The Hall–Kier alpha value is -1.55. The lowest BCUT2D eigenvalue weighted by Crippen LogP contribution is -2.08. The van der Waals surface area contributed by atoms with Gasteiger partial charge in [0.2, 0.25) is 5.88 Å².